The molecule has 1 aromatic rings. The Balaban J connectivity index is 2.50. The Kier molecular flexibility index (Phi) is 6.19. The molecule has 0 fully saturated rings. The molecule has 1 N–H and O–H groups in total. The number of hydrogen-bond donors (Lipinski definition) is 1. The highest BCUT2D eigenvalue weighted by Crippen LogP contribution is 2.19. The molecule has 1 unspecified atom stereocenters. The molecule has 0 saturated carbocycles. The molecule has 0 heterocycles. The van der Waals surface area contributed by atoms with Gasteiger partial charge in [0, 0.05) is 23.9 Å². The van der Waals surface area contributed by atoms with Gasteiger partial charge in [-0.15, -0.1) is 0 Å². The maximum absolute atomic E-state index is 10.9. The molecular weight excluding hydrogens is 294 g/mol. The lowest BCUT2D eigenvalue weighted by Gasteiger charge is -2.18. The monoisotopic (exact) mass is 313 g/mol. The molecule has 0 aliphatic rings. The molecule has 1 amide bonds. The number of amides is 1. The van der Waals surface area contributed by atoms with Gasteiger partial charge in [-0.1, -0.05) is 29.8 Å². The molecule has 0 spiro atoms. The van der Waals surface area contributed by atoms with E-state index in [0.29, 0.717) is 18.4 Å². The number of nitrogens with one attached hydrogen (secondary N) is 1. The standard InChI is InChI=1S/C14H20BrNO2/c1-10(2)12(8-15)9-18-14-6-4-13(5-7-14)16-11(3)17/h4-7,10,12H,8-9H2,1-3H3,(H,16,17). The fourth-order valence-electron chi connectivity index (χ4n) is 1.46. The van der Waals surface area contributed by atoms with Gasteiger partial charge in [0.1, 0.15) is 5.75 Å². The van der Waals surface area contributed by atoms with E-state index in [9.17, 15) is 4.79 Å². The Morgan fingerprint density at radius 3 is 2.39 bits per heavy atom. The molecule has 0 radical (unpaired) electrons. The largest absolute Gasteiger partial charge is 0.493 e. The highest BCUT2D eigenvalue weighted by Gasteiger charge is 2.12. The first-order valence-electron chi connectivity index (χ1n) is 6.09. The zero-order chi connectivity index (χ0) is 13.5. The number of benzene rings is 1. The summed E-state index contributed by atoms with van der Waals surface area (Å²) >= 11 is 3.50. The summed E-state index contributed by atoms with van der Waals surface area (Å²) < 4.78 is 5.74. The lowest BCUT2D eigenvalue weighted by molar-refractivity contribution is -0.114. The van der Waals surface area contributed by atoms with Crippen LogP contribution in [0, 0.1) is 11.8 Å². The van der Waals surface area contributed by atoms with E-state index in [1.165, 1.54) is 6.92 Å². The number of carbonyl (C=O) groups is 1. The first-order valence-corrected chi connectivity index (χ1v) is 7.21. The van der Waals surface area contributed by atoms with Gasteiger partial charge in [0.05, 0.1) is 6.61 Å². The molecule has 0 saturated heterocycles. The van der Waals surface area contributed by atoms with Crippen molar-refractivity contribution in [2.75, 3.05) is 17.3 Å². The van der Waals surface area contributed by atoms with Gasteiger partial charge in [-0.2, -0.15) is 0 Å². The van der Waals surface area contributed by atoms with Crippen LogP contribution in [-0.4, -0.2) is 17.8 Å². The number of halogens is 1. The molecule has 18 heavy (non-hydrogen) atoms. The highest BCUT2D eigenvalue weighted by atomic mass is 79.9. The van der Waals surface area contributed by atoms with Gasteiger partial charge in [0.2, 0.25) is 5.91 Å². The first-order chi connectivity index (χ1) is 8.52. The van der Waals surface area contributed by atoms with Gasteiger partial charge < -0.3 is 10.1 Å². The third kappa shape index (κ3) is 5.08. The molecule has 100 valence electrons. The van der Waals surface area contributed by atoms with E-state index in [0.717, 1.165) is 16.8 Å². The van der Waals surface area contributed by atoms with E-state index >= 15 is 0 Å². The van der Waals surface area contributed by atoms with Gasteiger partial charge in [-0.25, -0.2) is 0 Å². The van der Waals surface area contributed by atoms with Crippen molar-refractivity contribution in [3.05, 3.63) is 24.3 Å². The summed E-state index contributed by atoms with van der Waals surface area (Å²) in [6.07, 6.45) is 0. The van der Waals surface area contributed by atoms with Crippen molar-refractivity contribution in [1.82, 2.24) is 0 Å². The highest BCUT2D eigenvalue weighted by molar-refractivity contribution is 9.09. The van der Waals surface area contributed by atoms with E-state index in [1.807, 2.05) is 24.3 Å². The third-order valence-corrected chi connectivity index (χ3v) is 3.61. The summed E-state index contributed by atoms with van der Waals surface area (Å²) in [5.74, 6) is 1.85. The topological polar surface area (TPSA) is 38.3 Å². The summed E-state index contributed by atoms with van der Waals surface area (Å²) in [5, 5.41) is 3.66. The second kappa shape index (κ2) is 7.41. The molecule has 3 nitrogen and oxygen atoms in total. The van der Waals surface area contributed by atoms with Crippen LogP contribution in [0.3, 0.4) is 0 Å². The Bertz CT molecular complexity index is 376. The van der Waals surface area contributed by atoms with Gasteiger partial charge in [0.15, 0.2) is 0 Å². The zero-order valence-electron chi connectivity index (χ0n) is 11.1. The van der Waals surface area contributed by atoms with Crippen LogP contribution in [0.4, 0.5) is 5.69 Å². The van der Waals surface area contributed by atoms with Crippen LogP contribution in [0.1, 0.15) is 20.8 Å². The Morgan fingerprint density at radius 1 is 1.33 bits per heavy atom. The number of alkyl halides is 1. The Labute approximate surface area is 117 Å². The second-order valence-corrected chi connectivity index (χ2v) is 5.32. The summed E-state index contributed by atoms with van der Waals surface area (Å²) in [4.78, 5) is 10.9. The van der Waals surface area contributed by atoms with Crippen LogP contribution >= 0.6 is 15.9 Å². The van der Waals surface area contributed by atoms with E-state index < -0.39 is 0 Å². The number of hydrogen-bond acceptors (Lipinski definition) is 2. The van der Waals surface area contributed by atoms with Crippen molar-refractivity contribution in [3.63, 3.8) is 0 Å². The van der Waals surface area contributed by atoms with Crippen LogP contribution in [0.2, 0.25) is 0 Å². The number of carbonyl (C=O) groups excluding carboxylic acids is 1. The van der Waals surface area contributed by atoms with Crippen LogP contribution in [0.25, 0.3) is 0 Å². The predicted molar refractivity (Wildman–Crippen MR) is 78.4 cm³/mol. The molecule has 0 bridgehead atoms. The van der Waals surface area contributed by atoms with Crippen molar-refractivity contribution in [2.24, 2.45) is 11.8 Å². The molecule has 0 aromatic heterocycles. The number of rotatable bonds is 6. The third-order valence-electron chi connectivity index (χ3n) is 2.78. The van der Waals surface area contributed by atoms with E-state index in [1.54, 1.807) is 0 Å². The van der Waals surface area contributed by atoms with Crippen molar-refractivity contribution in [2.45, 2.75) is 20.8 Å². The van der Waals surface area contributed by atoms with Crippen molar-refractivity contribution >= 4 is 27.5 Å². The van der Waals surface area contributed by atoms with Crippen LogP contribution in [0.5, 0.6) is 5.75 Å². The first kappa shape index (κ1) is 15.0. The molecule has 4 heteroatoms. The quantitative estimate of drug-likeness (QED) is 0.813. The summed E-state index contributed by atoms with van der Waals surface area (Å²) in [7, 11) is 0. The van der Waals surface area contributed by atoms with Gasteiger partial charge >= 0.3 is 0 Å². The SMILES string of the molecule is CC(=O)Nc1ccc(OCC(CBr)C(C)C)cc1. The number of ether oxygens (including phenoxy) is 1. The van der Waals surface area contributed by atoms with Crippen LogP contribution < -0.4 is 10.1 Å². The minimum absolute atomic E-state index is 0.0668. The lowest BCUT2D eigenvalue weighted by atomic mass is 9.99. The summed E-state index contributed by atoms with van der Waals surface area (Å²) in [6, 6.07) is 7.43. The molecular formula is C14H20BrNO2. The average Bonchev–Trinajstić information content (AvgIpc) is 2.31. The van der Waals surface area contributed by atoms with Gasteiger partial charge in [0.25, 0.3) is 0 Å². The lowest BCUT2D eigenvalue weighted by Crippen LogP contribution is -2.19. The van der Waals surface area contributed by atoms with E-state index in [-0.39, 0.29) is 5.91 Å². The zero-order valence-corrected chi connectivity index (χ0v) is 12.7. The number of anilines is 1. The molecule has 1 atom stereocenters. The maximum atomic E-state index is 10.9. The minimum atomic E-state index is -0.0668. The normalized spacial score (nSPS) is 12.3. The maximum Gasteiger partial charge on any atom is 0.221 e. The fourth-order valence-corrected chi connectivity index (χ4v) is 2.39. The van der Waals surface area contributed by atoms with E-state index in [4.69, 9.17) is 4.74 Å². The van der Waals surface area contributed by atoms with Crippen molar-refractivity contribution in [3.8, 4) is 5.75 Å². The summed E-state index contributed by atoms with van der Waals surface area (Å²) in [5.41, 5.74) is 0.788. The summed E-state index contributed by atoms with van der Waals surface area (Å²) in [6.45, 7) is 6.57. The van der Waals surface area contributed by atoms with Crippen molar-refractivity contribution in [1.29, 1.82) is 0 Å². The molecule has 0 aliphatic carbocycles. The Hall–Kier alpha value is -1.03. The fraction of sp³-hybridized carbons (Fsp3) is 0.500. The molecule has 1 aromatic carbocycles. The average molecular weight is 314 g/mol. The van der Waals surface area contributed by atoms with Crippen LogP contribution in [-0.2, 0) is 4.79 Å². The second-order valence-electron chi connectivity index (χ2n) is 4.67. The smallest absolute Gasteiger partial charge is 0.221 e. The van der Waals surface area contributed by atoms with Crippen molar-refractivity contribution < 1.29 is 9.53 Å². The van der Waals surface area contributed by atoms with Crippen LogP contribution in [0.15, 0.2) is 24.3 Å². The Morgan fingerprint density at radius 2 is 1.94 bits per heavy atom. The molecule has 0 aliphatic heterocycles. The molecule has 1 rings (SSSR count). The van der Waals surface area contributed by atoms with Gasteiger partial charge in [-0.3, -0.25) is 4.79 Å². The van der Waals surface area contributed by atoms with E-state index in [2.05, 4.69) is 35.1 Å². The minimum Gasteiger partial charge on any atom is -0.493 e. The van der Waals surface area contributed by atoms with Gasteiger partial charge in [-0.05, 0) is 30.2 Å². The predicted octanol–water partition coefficient (Wildman–Crippen LogP) is 3.69.